The molecule has 3 rings (SSSR count). The van der Waals surface area contributed by atoms with E-state index in [0.29, 0.717) is 6.04 Å². The molecule has 2 aromatic rings. The van der Waals surface area contributed by atoms with Crippen molar-refractivity contribution in [3.8, 4) is 11.3 Å². The van der Waals surface area contributed by atoms with E-state index in [0.717, 1.165) is 23.6 Å². The van der Waals surface area contributed by atoms with E-state index < -0.39 is 0 Å². The van der Waals surface area contributed by atoms with Crippen LogP contribution in [0.15, 0.2) is 29.9 Å². The van der Waals surface area contributed by atoms with Crippen LogP contribution >= 0.6 is 23.1 Å². The van der Waals surface area contributed by atoms with Crippen LogP contribution in [-0.4, -0.2) is 28.0 Å². The molecule has 1 unspecified atom stereocenters. The van der Waals surface area contributed by atoms with Gasteiger partial charge in [0, 0.05) is 41.4 Å². The van der Waals surface area contributed by atoms with E-state index in [-0.39, 0.29) is 0 Å². The lowest BCUT2D eigenvalue weighted by Gasteiger charge is -2.20. The Kier molecular flexibility index (Phi) is 3.40. The number of pyridine rings is 1. The third-order valence-corrected chi connectivity index (χ3v) is 4.72. The van der Waals surface area contributed by atoms with Crippen LogP contribution in [0.1, 0.15) is 11.0 Å². The highest BCUT2D eigenvalue weighted by molar-refractivity contribution is 7.99. The van der Waals surface area contributed by atoms with Crippen molar-refractivity contribution in [2.24, 2.45) is 0 Å². The molecule has 1 fully saturated rings. The molecule has 17 heavy (non-hydrogen) atoms. The molecule has 1 saturated heterocycles. The van der Waals surface area contributed by atoms with Gasteiger partial charge in [-0.1, -0.05) is 0 Å². The maximum absolute atomic E-state index is 4.71. The zero-order valence-electron chi connectivity index (χ0n) is 9.30. The van der Waals surface area contributed by atoms with Gasteiger partial charge in [0.1, 0.15) is 5.01 Å². The van der Waals surface area contributed by atoms with Gasteiger partial charge in [0.15, 0.2) is 0 Å². The average Bonchev–Trinajstić information content (AvgIpc) is 2.90. The summed E-state index contributed by atoms with van der Waals surface area (Å²) in [6.07, 6.45) is 3.65. The Balaban J connectivity index is 1.83. The molecule has 1 N–H and O–H groups in total. The van der Waals surface area contributed by atoms with Crippen molar-refractivity contribution in [2.75, 3.05) is 18.1 Å². The van der Waals surface area contributed by atoms with Crippen molar-refractivity contribution < 1.29 is 0 Å². The second-order valence-electron chi connectivity index (χ2n) is 3.89. The van der Waals surface area contributed by atoms with Gasteiger partial charge < -0.3 is 5.32 Å². The summed E-state index contributed by atoms with van der Waals surface area (Å²) in [6, 6.07) is 4.42. The van der Waals surface area contributed by atoms with Crippen LogP contribution in [0.3, 0.4) is 0 Å². The summed E-state index contributed by atoms with van der Waals surface area (Å²) in [5, 5.41) is 6.82. The summed E-state index contributed by atoms with van der Waals surface area (Å²) in [5.74, 6) is 2.33. The highest BCUT2D eigenvalue weighted by Gasteiger charge is 2.18. The molecule has 0 bridgehead atoms. The lowest BCUT2D eigenvalue weighted by molar-refractivity contribution is 0.592. The van der Waals surface area contributed by atoms with Crippen LogP contribution in [0.2, 0.25) is 0 Å². The Labute approximate surface area is 109 Å². The Morgan fingerprint density at radius 1 is 1.41 bits per heavy atom. The summed E-state index contributed by atoms with van der Waals surface area (Å²) in [7, 11) is 0. The first-order valence-electron chi connectivity index (χ1n) is 5.60. The second-order valence-corrected chi connectivity index (χ2v) is 5.93. The zero-order chi connectivity index (χ0) is 11.5. The number of rotatable bonds is 2. The van der Waals surface area contributed by atoms with Gasteiger partial charge in [-0.25, -0.2) is 4.98 Å². The highest BCUT2D eigenvalue weighted by Crippen LogP contribution is 2.28. The minimum atomic E-state index is 0.421. The van der Waals surface area contributed by atoms with Gasteiger partial charge in [-0.3, -0.25) is 4.98 Å². The van der Waals surface area contributed by atoms with Gasteiger partial charge in [0.2, 0.25) is 0 Å². The average molecular weight is 263 g/mol. The molecular weight excluding hydrogens is 250 g/mol. The van der Waals surface area contributed by atoms with Crippen molar-refractivity contribution in [1.29, 1.82) is 0 Å². The first-order chi connectivity index (χ1) is 8.43. The smallest absolute Gasteiger partial charge is 0.111 e. The van der Waals surface area contributed by atoms with Crippen LogP contribution < -0.4 is 5.32 Å². The molecule has 3 heterocycles. The quantitative estimate of drug-likeness (QED) is 0.903. The molecule has 0 aliphatic carbocycles. The number of thiazole rings is 1. The van der Waals surface area contributed by atoms with Crippen LogP contribution in [0.5, 0.6) is 0 Å². The molecule has 2 aromatic heterocycles. The van der Waals surface area contributed by atoms with Gasteiger partial charge in [-0.15, -0.1) is 11.3 Å². The normalized spacial score (nSPS) is 20.4. The maximum atomic E-state index is 4.71. The van der Waals surface area contributed by atoms with Crippen LogP contribution in [-0.2, 0) is 0 Å². The molecular formula is C12H13N3S2. The number of hydrogen-bond donors (Lipinski definition) is 1. The van der Waals surface area contributed by atoms with E-state index in [9.17, 15) is 0 Å². The van der Waals surface area contributed by atoms with Gasteiger partial charge in [0.05, 0.1) is 11.7 Å². The van der Waals surface area contributed by atoms with Crippen LogP contribution in [0.25, 0.3) is 11.3 Å². The molecule has 1 aliphatic heterocycles. The monoisotopic (exact) mass is 263 g/mol. The molecule has 0 spiro atoms. The van der Waals surface area contributed by atoms with E-state index in [1.807, 2.05) is 24.0 Å². The summed E-state index contributed by atoms with van der Waals surface area (Å²) in [5.41, 5.74) is 2.13. The van der Waals surface area contributed by atoms with E-state index in [1.54, 1.807) is 17.5 Å². The fraction of sp³-hybridized carbons (Fsp3) is 0.333. The van der Waals surface area contributed by atoms with Crippen molar-refractivity contribution in [3.63, 3.8) is 0 Å². The molecule has 0 saturated carbocycles. The topological polar surface area (TPSA) is 37.8 Å². The zero-order valence-corrected chi connectivity index (χ0v) is 10.9. The van der Waals surface area contributed by atoms with E-state index in [1.165, 1.54) is 10.8 Å². The van der Waals surface area contributed by atoms with Gasteiger partial charge in [0.25, 0.3) is 0 Å². The van der Waals surface area contributed by atoms with Gasteiger partial charge >= 0.3 is 0 Å². The summed E-state index contributed by atoms with van der Waals surface area (Å²) in [6.45, 7) is 1.08. The molecule has 3 nitrogen and oxygen atoms in total. The summed E-state index contributed by atoms with van der Waals surface area (Å²) < 4.78 is 0. The number of nitrogens with one attached hydrogen (secondary N) is 1. The van der Waals surface area contributed by atoms with Crippen LogP contribution in [0, 0.1) is 0 Å². The second kappa shape index (κ2) is 5.16. The Bertz CT molecular complexity index is 478. The molecule has 1 aliphatic rings. The summed E-state index contributed by atoms with van der Waals surface area (Å²) in [4.78, 5) is 8.83. The molecule has 5 heteroatoms. The minimum Gasteiger partial charge on any atom is -0.306 e. The van der Waals surface area contributed by atoms with Gasteiger partial charge in [-0.2, -0.15) is 11.8 Å². The summed E-state index contributed by atoms with van der Waals surface area (Å²) >= 11 is 3.73. The predicted octanol–water partition coefficient (Wildman–Crippen LogP) is 2.58. The highest BCUT2D eigenvalue weighted by atomic mass is 32.2. The van der Waals surface area contributed by atoms with Crippen molar-refractivity contribution in [3.05, 3.63) is 34.9 Å². The first-order valence-corrected chi connectivity index (χ1v) is 7.64. The number of thioether (sulfide) groups is 1. The molecule has 88 valence electrons. The minimum absolute atomic E-state index is 0.421. The third kappa shape index (κ3) is 2.51. The Morgan fingerprint density at radius 2 is 2.41 bits per heavy atom. The Morgan fingerprint density at radius 3 is 3.18 bits per heavy atom. The largest absolute Gasteiger partial charge is 0.306 e. The fourth-order valence-electron chi connectivity index (χ4n) is 1.82. The third-order valence-electron chi connectivity index (χ3n) is 2.70. The molecule has 1 atom stereocenters. The van der Waals surface area contributed by atoms with Crippen molar-refractivity contribution in [1.82, 2.24) is 15.3 Å². The Hall–Kier alpha value is -0.910. The lowest BCUT2D eigenvalue weighted by atomic mass is 10.2. The molecule has 0 amide bonds. The van der Waals surface area contributed by atoms with E-state index in [2.05, 4.69) is 21.7 Å². The van der Waals surface area contributed by atoms with E-state index in [4.69, 9.17) is 4.98 Å². The van der Waals surface area contributed by atoms with Crippen LogP contribution in [0.4, 0.5) is 0 Å². The SMILES string of the molecule is c1cncc(-c2csc(C3CSCCN3)n2)c1. The first kappa shape index (κ1) is 11.2. The van der Waals surface area contributed by atoms with E-state index >= 15 is 0 Å². The molecule has 0 aromatic carbocycles. The number of aromatic nitrogens is 2. The number of hydrogen-bond acceptors (Lipinski definition) is 5. The maximum Gasteiger partial charge on any atom is 0.111 e. The number of nitrogens with zero attached hydrogens (tertiary/aromatic N) is 2. The lowest BCUT2D eigenvalue weighted by Crippen LogP contribution is -2.30. The fourth-order valence-corrected chi connectivity index (χ4v) is 3.77. The van der Waals surface area contributed by atoms with Crippen molar-refractivity contribution >= 4 is 23.1 Å². The predicted molar refractivity (Wildman–Crippen MR) is 73.4 cm³/mol. The van der Waals surface area contributed by atoms with Crippen molar-refractivity contribution in [2.45, 2.75) is 6.04 Å². The van der Waals surface area contributed by atoms with Gasteiger partial charge in [-0.05, 0) is 12.1 Å². The molecule has 0 radical (unpaired) electrons. The standard InChI is InChI=1S/C12H13N3S2/c1-2-9(6-13-3-1)10-8-17-12(15-10)11-7-16-5-4-14-11/h1-3,6,8,11,14H,4-5,7H2.